The summed E-state index contributed by atoms with van der Waals surface area (Å²) in [6.07, 6.45) is 1.08. The number of anilines is 1. The Labute approximate surface area is 151 Å². The maximum absolute atomic E-state index is 12.0. The van der Waals surface area contributed by atoms with Gasteiger partial charge in [-0.15, -0.1) is 0 Å². The van der Waals surface area contributed by atoms with E-state index >= 15 is 0 Å². The smallest absolute Gasteiger partial charge is 0.223 e. The molecule has 2 amide bonds. The van der Waals surface area contributed by atoms with Gasteiger partial charge in [0.1, 0.15) is 0 Å². The minimum Gasteiger partial charge on any atom is -0.356 e. The van der Waals surface area contributed by atoms with Crippen LogP contribution in [-0.2, 0) is 16.0 Å². The van der Waals surface area contributed by atoms with Crippen molar-refractivity contribution in [3.8, 4) is 0 Å². The van der Waals surface area contributed by atoms with E-state index in [-0.39, 0.29) is 18.2 Å². The van der Waals surface area contributed by atoms with Crippen molar-refractivity contribution in [2.24, 2.45) is 0 Å². The summed E-state index contributed by atoms with van der Waals surface area (Å²) in [5.74, 6) is -0.127. The Morgan fingerprint density at radius 3 is 2.50 bits per heavy atom. The first-order valence-electron chi connectivity index (χ1n) is 7.90. The SMILES string of the molecule is CC(=O)N(CCC(=O)NCCc1ccccc1)c1cccc(Br)c1. The second kappa shape index (κ2) is 9.23. The molecule has 0 aliphatic heterocycles. The van der Waals surface area contributed by atoms with Crippen molar-refractivity contribution in [2.45, 2.75) is 19.8 Å². The maximum Gasteiger partial charge on any atom is 0.223 e. The van der Waals surface area contributed by atoms with Gasteiger partial charge in [0, 0.05) is 36.6 Å². The van der Waals surface area contributed by atoms with Crippen molar-refractivity contribution in [3.63, 3.8) is 0 Å². The van der Waals surface area contributed by atoms with Gasteiger partial charge < -0.3 is 10.2 Å². The summed E-state index contributed by atoms with van der Waals surface area (Å²) >= 11 is 3.40. The third-order valence-electron chi connectivity index (χ3n) is 3.64. The number of nitrogens with zero attached hydrogens (tertiary/aromatic N) is 1. The molecule has 0 aliphatic carbocycles. The van der Waals surface area contributed by atoms with Gasteiger partial charge in [-0.25, -0.2) is 0 Å². The van der Waals surface area contributed by atoms with Crippen LogP contribution in [0.2, 0.25) is 0 Å². The van der Waals surface area contributed by atoms with E-state index in [4.69, 9.17) is 0 Å². The van der Waals surface area contributed by atoms with Gasteiger partial charge in [0.15, 0.2) is 0 Å². The molecule has 0 unspecified atom stereocenters. The Hall–Kier alpha value is -2.14. The predicted octanol–water partition coefficient (Wildman–Crippen LogP) is 3.55. The van der Waals surface area contributed by atoms with Crippen LogP contribution in [0, 0.1) is 0 Å². The van der Waals surface area contributed by atoms with Crippen molar-refractivity contribution in [3.05, 3.63) is 64.6 Å². The lowest BCUT2D eigenvalue weighted by atomic mass is 10.1. The molecule has 0 atom stereocenters. The molecule has 24 heavy (non-hydrogen) atoms. The zero-order chi connectivity index (χ0) is 17.4. The van der Waals surface area contributed by atoms with Gasteiger partial charge in [-0.2, -0.15) is 0 Å². The number of rotatable bonds is 7. The molecule has 2 rings (SSSR count). The molecular weight excluding hydrogens is 368 g/mol. The molecule has 0 radical (unpaired) electrons. The third-order valence-corrected chi connectivity index (χ3v) is 4.13. The highest BCUT2D eigenvalue weighted by Gasteiger charge is 2.13. The molecule has 2 aromatic rings. The lowest BCUT2D eigenvalue weighted by molar-refractivity contribution is -0.121. The standard InChI is InChI=1S/C19H21BrN2O2/c1-15(23)22(18-9-5-8-17(20)14-18)13-11-19(24)21-12-10-16-6-3-2-4-7-16/h2-9,14H,10-13H2,1H3,(H,21,24). The number of halogens is 1. The van der Waals surface area contributed by atoms with Crippen molar-refractivity contribution < 1.29 is 9.59 Å². The molecule has 0 aromatic heterocycles. The second-order valence-electron chi connectivity index (χ2n) is 5.49. The number of nitrogens with one attached hydrogen (secondary N) is 1. The molecule has 4 nitrogen and oxygen atoms in total. The van der Waals surface area contributed by atoms with Crippen LogP contribution in [0.5, 0.6) is 0 Å². The number of carbonyl (C=O) groups is 2. The number of hydrogen-bond acceptors (Lipinski definition) is 2. The largest absolute Gasteiger partial charge is 0.356 e. The van der Waals surface area contributed by atoms with Crippen LogP contribution in [0.3, 0.4) is 0 Å². The molecule has 0 fully saturated rings. The van der Waals surface area contributed by atoms with Crippen molar-refractivity contribution in [1.29, 1.82) is 0 Å². The fourth-order valence-electron chi connectivity index (χ4n) is 2.41. The first kappa shape index (κ1) is 18.2. The average Bonchev–Trinajstić information content (AvgIpc) is 2.56. The summed E-state index contributed by atoms with van der Waals surface area (Å²) in [7, 11) is 0. The van der Waals surface area contributed by atoms with Crippen LogP contribution < -0.4 is 10.2 Å². The van der Waals surface area contributed by atoms with Gasteiger partial charge >= 0.3 is 0 Å². The molecule has 0 spiro atoms. The lowest BCUT2D eigenvalue weighted by Crippen LogP contribution is -2.34. The summed E-state index contributed by atoms with van der Waals surface area (Å²) in [6, 6.07) is 17.5. The highest BCUT2D eigenvalue weighted by Crippen LogP contribution is 2.20. The van der Waals surface area contributed by atoms with Gasteiger partial charge in [0.05, 0.1) is 0 Å². The molecule has 0 saturated carbocycles. The number of amides is 2. The van der Waals surface area contributed by atoms with E-state index in [1.54, 1.807) is 4.90 Å². The molecule has 0 bridgehead atoms. The maximum atomic E-state index is 12.0. The zero-order valence-corrected chi connectivity index (χ0v) is 15.3. The van der Waals surface area contributed by atoms with E-state index in [9.17, 15) is 9.59 Å². The van der Waals surface area contributed by atoms with E-state index in [1.807, 2.05) is 54.6 Å². The first-order valence-corrected chi connectivity index (χ1v) is 8.70. The number of hydrogen-bond donors (Lipinski definition) is 1. The molecule has 2 aromatic carbocycles. The van der Waals surface area contributed by atoms with Crippen LogP contribution in [-0.4, -0.2) is 24.9 Å². The Bertz CT molecular complexity index is 689. The summed E-state index contributed by atoms with van der Waals surface area (Å²) in [5, 5.41) is 2.90. The third kappa shape index (κ3) is 5.81. The Morgan fingerprint density at radius 1 is 1.08 bits per heavy atom. The van der Waals surface area contributed by atoms with Gasteiger partial charge in [0.2, 0.25) is 11.8 Å². The fraction of sp³-hybridized carbons (Fsp3) is 0.263. The van der Waals surface area contributed by atoms with E-state index in [0.717, 1.165) is 16.6 Å². The zero-order valence-electron chi connectivity index (χ0n) is 13.7. The molecule has 126 valence electrons. The first-order chi connectivity index (χ1) is 11.6. The second-order valence-corrected chi connectivity index (χ2v) is 6.40. The van der Waals surface area contributed by atoms with Gasteiger partial charge in [-0.05, 0) is 30.2 Å². The molecule has 0 saturated heterocycles. The Balaban J connectivity index is 1.81. The number of benzene rings is 2. The molecule has 0 aliphatic rings. The Morgan fingerprint density at radius 2 is 1.83 bits per heavy atom. The topological polar surface area (TPSA) is 49.4 Å². The predicted molar refractivity (Wildman–Crippen MR) is 99.9 cm³/mol. The van der Waals surface area contributed by atoms with E-state index in [2.05, 4.69) is 21.2 Å². The quantitative estimate of drug-likeness (QED) is 0.788. The fourth-order valence-corrected chi connectivity index (χ4v) is 2.79. The van der Waals surface area contributed by atoms with E-state index in [1.165, 1.54) is 12.5 Å². The van der Waals surface area contributed by atoms with Crippen LogP contribution in [0.1, 0.15) is 18.9 Å². The monoisotopic (exact) mass is 388 g/mol. The van der Waals surface area contributed by atoms with E-state index < -0.39 is 0 Å². The summed E-state index contributed by atoms with van der Waals surface area (Å²) in [5.41, 5.74) is 1.98. The number of carbonyl (C=O) groups excluding carboxylic acids is 2. The Kier molecular flexibility index (Phi) is 7.00. The van der Waals surface area contributed by atoms with Crippen molar-refractivity contribution >= 4 is 33.4 Å². The van der Waals surface area contributed by atoms with Gasteiger partial charge in [0.25, 0.3) is 0 Å². The van der Waals surface area contributed by atoms with Crippen molar-refractivity contribution in [1.82, 2.24) is 5.32 Å². The highest BCUT2D eigenvalue weighted by molar-refractivity contribution is 9.10. The van der Waals surface area contributed by atoms with Gasteiger partial charge in [-0.3, -0.25) is 9.59 Å². The minimum absolute atomic E-state index is 0.0489. The van der Waals surface area contributed by atoms with Crippen molar-refractivity contribution in [2.75, 3.05) is 18.0 Å². The minimum atomic E-state index is -0.0785. The summed E-state index contributed by atoms with van der Waals surface area (Å²) in [6.45, 7) is 2.47. The van der Waals surface area contributed by atoms with Crippen LogP contribution >= 0.6 is 15.9 Å². The normalized spacial score (nSPS) is 10.2. The summed E-state index contributed by atoms with van der Waals surface area (Å²) < 4.78 is 0.901. The molecule has 1 N–H and O–H groups in total. The lowest BCUT2D eigenvalue weighted by Gasteiger charge is -2.21. The highest BCUT2D eigenvalue weighted by atomic mass is 79.9. The van der Waals surface area contributed by atoms with Crippen LogP contribution in [0.25, 0.3) is 0 Å². The average molecular weight is 389 g/mol. The molecule has 0 heterocycles. The van der Waals surface area contributed by atoms with E-state index in [0.29, 0.717) is 13.1 Å². The van der Waals surface area contributed by atoms with Gasteiger partial charge in [-0.1, -0.05) is 52.3 Å². The molecular formula is C19H21BrN2O2. The summed E-state index contributed by atoms with van der Waals surface area (Å²) in [4.78, 5) is 25.5. The van der Waals surface area contributed by atoms with Crippen LogP contribution in [0.4, 0.5) is 5.69 Å². The van der Waals surface area contributed by atoms with Crippen LogP contribution in [0.15, 0.2) is 59.1 Å². The molecule has 5 heteroatoms.